The minimum Gasteiger partial charge on any atom is -0.380 e. The number of hydrogen-bond acceptors (Lipinski definition) is 8. The van der Waals surface area contributed by atoms with Gasteiger partial charge in [0.05, 0.1) is 6.61 Å². The van der Waals surface area contributed by atoms with Crippen molar-refractivity contribution in [2.24, 2.45) is 0 Å². The van der Waals surface area contributed by atoms with Gasteiger partial charge >= 0.3 is 0 Å². The first-order valence-electron chi connectivity index (χ1n) is 11.1. The first-order valence-corrected chi connectivity index (χ1v) is 11.1. The number of aromatic nitrogens is 3. The molecule has 168 valence electrons. The van der Waals surface area contributed by atoms with Crippen molar-refractivity contribution in [1.29, 1.82) is 0 Å². The molecule has 0 bridgehead atoms. The minimum absolute atomic E-state index is 0.332. The molecule has 0 amide bonds. The molecule has 0 aromatic carbocycles. The maximum atomic E-state index is 6.39. The van der Waals surface area contributed by atoms with Crippen LogP contribution in [-0.2, 0) is 4.74 Å². The molecule has 1 aliphatic rings. The maximum absolute atomic E-state index is 6.39. The topological polar surface area (TPSA) is 122 Å². The number of nitrogens with zero attached hydrogens (tertiary/aromatic N) is 3. The first kappa shape index (κ1) is 22.9. The van der Waals surface area contributed by atoms with Gasteiger partial charge in [0.15, 0.2) is 11.5 Å². The first-order chi connectivity index (χ1) is 15.1. The van der Waals surface area contributed by atoms with E-state index in [1.54, 1.807) is 0 Å². The zero-order valence-corrected chi connectivity index (χ0v) is 18.8. The number of ether oxygens (including phenoxy) is 1. The highest BCUT2D eigenvalue weighted by atomic mass is 16.5. The standard InChI is InChI=1S/C22H34N8O/c1-4-17(23)19-20(25-13-14-31-5-2)21(28-18-8-6-7-15(3)26-18)30-22(29-19)27-16-9-11-24-12-10-16/h6-8,16,23-25H,4-5,9-14H2,1-3H3,(H2,26,27,28,29,30)/p+1. The number of aryl methyl sites for hydroxylation is 1. The Hall–Kier alpha value is -2.78. The van der Waals surface area contributed by atoms with Gasteiger partial charge in [0.25, 0.3) is 0 Å². The van der Waals surface area contributed by atoms with E-state index < -0.39 is 0 Å². The lowest BCUT2D eigenvalue weighted by atomic mass is 10.1. The summed E-state index contributed by atoms with van der Waals surface area (Å²) in [7, 11) is 0. The normalized spacial score (nSPS) is 14.3. The number of nitrogens with one attached hydrogen (secondary N) is 4. The van der Waals surface area contributed by atoms with E-state index >= 15 is 0 Å². The van der Waals surface area contributed by atoms with Crippen LogP contribution in [0.4, 0.5) is 23.3 Å². The van der Waals surface area contributed by atoms with Crippen LogP contribution in [0, 0.1) is 6.92 Å². The van der Waals surface area contributed by atoms with E-state index in [-0.39, 0.29) is 0 Å². The Labute approximate surface area is 184 Å². The van der Waals surface area contributed by atoms with Crippen LogP contribution >= 0.6 is 0 Å². The van der Waals surface area contributed by atoms with Crippen LogP contribution < -0.4 is 26.7 Å². The summed E-state index contributed by atoms with van der Waals surface area (Å²) in [4.78, 5) is 14.2. The number of nitrogens with two attached hydrogens (primary N) is 1. The van der Waals surface area contributed by atoms with Crippen LogP contribution in [0.25, 0.3) is 0 Å². The van der Waals surface area contributed by atoms with E-state index in [4.69, 9.17) is 20.1 Å². The zero-order chi connectivity index (χ0) is 22.1. The molecular weight excluding hydrogens is 392 g/mol. The van der Waals surface area contributed by atoms with E-state index in [1.165, 1.54) is 0 Å². The Morgan fingerprint density at radius 3 is 2.71 bits per heavy atom. The van der Waals surface area contributed by atoms with Crippen molar-refractivity contribution in [3.05, 3.63) is 29.6 Å². The van der Waals surface area contributed by atoms with Gasteiger partial charge in [0.2, 0.25) is 11.7 Å². The molecule has 31 heavy (non-hydrogen) atoms. The smallest absolute Gasteiger partial charge is 0.225 e. The minimum atomic E-state index is 0.332. The second-order valence-electron chi connectivity index (χ2n) is 7.58. The second-order valence-corrected chi connectivity index (χ2v) is 7.58. The molecule has 0 saturated carbocycles. The highest BCUT2D eigenvalue weighted by Crippen LogP contribution is 2.28. The largest absolute Gasteiger partial charge is 0.380 e. The van der Waals surface area contributed by atoms with E-state index in [2.05, 4.69) is 26.3 Å². The molecule has 0 unspecified atom stereocenters. The quantitative estimate of drug-likeness (QED) is 0.270. The van der Waals surface area contributed by atoms with Gasteiger partial charge in [-0.25, -0.2) is 9.97 Å². The van der Waals surface area contributed by atoms with Gasteiger partial charge in [-0.15, -0.1) is 0 Å². The molecule has 2 aromatic rings. The molecule has 0 radical (unpaired) electrons. The Bertz CT molecular complexity index is 867. The van der Waals surface area contributed by atoms with Crippen LogP contribution in [0.3, 0.4) is 0 Å². The molecule has 0 atom stereocenters. The Morgan fingerprint density at radius 1 is 1.19 bits per heavy atom. The summed E-state index contributed by atoms with van der Waals surface area (Å²) in [5, 5.41) is 20.1. The highest BCUT2D eigenvalue weighted by Gasteiger charge is 2.22. The molecule has 3 heterocycles. The van der Waals surface area contributed by atoms with Gasteiger partial charge in [-0.2, -0.15) is 4.98 Å². The monoisotopic (exact) mass is 427 g/mol. The van der Waals surface area contributed by atoms with Crippen LogP contribution in [0.1, 0.15) is 44.5 Å². The molecule has 9 heteroatoms. The van der Waals surface area contributed by atoms with Gasteiger partial charge in [-0.3, -0.25) is 5.41 Å². The lowest BCUT2D eigenvalue weighted by Gasteiger charge is -2.24. The Kier molecular flexibility index (Phi) is 8.54. The predicted octanol–water partition coefficient (Wildman–Crippen LogP) is 1.49. The van der Waals surface area contributed by atoms with Gasteiger partial charge in [0.1, 0.15) is 11.5 Å². The fourth-order valence-electron chi connectivity index (χ4n) is 3.46. The van der Waals surface area contributed by atoms with Gasteiger partial charge in [0, 0.05) is 31.3 Å². The fraction of sp³-hybridized carbons (Fsp3) is 0.545. The van der Waals surface area contributed by atoms with Crippen molar-refractivity contribution in [2.75, 3.05) is 48.8 Å². The summed E-state index contributed by atoms with van der Waals surface area (Å²) in [5.41, 5.74) is 3.10. The third-order valence-electron chi connectivity index (χ3n) is 5.15. The summed E-state index contributed by atoms with van der Waals surface area (Å²) in [5.74, 6) is 1.94. The van der Waals surface area contributed by atoms with Crippen molar-refractivity contribution in [1.82, 2.24) is 20.3 Å². The third kappa shape index (κ3) is 6.60. The predicted molar refractivity (Wildman–Crippen MR) is 125 cm³/mol. The van der Waals surface area contributed by atoms with Crippen molar-refractivity contribution >= 4 is 29.0 Å². The molecule has 1 aliphatic heterocycles. The van der Waals surface area contributed by atoms with E-state index in [9.17, 15) is 0 Å². The summed E-state index contributed by atoms with van der Waals surface area (Å²) in [6.07, 6.45) is 2.75. The van der Waals surface area contributed by atoms with Crippen molar-refractivity contribution in [3.8, 4) is 0 Å². The average Bonchev–Trinajstić information content (AvgIpc) is 2.77. The lowest BCUT2D eigenvalue weighted by Crippen LogP contribution is -2.41. The molecule has 1 fully saturated rings. The van der Waals surface area contributed by atoms with E-state index in [0.29, 0.717) is 55.4 Å². The van der Waals surface area contributed by atoms with Gasteiger partial charge in [-0.1, -0.05) is 13.0 Å². The number of piperidine rings is 1. The van der Waals surface area contributed by atoms with Gasteiger partial charge < -0.3 is 26.0 Å². The van der Waals surface area contributed by atoms with Crippen LogP contribution in [0.2, 0.25) is 0 Å². The van der Waals surface area contributed by atoms with Crippen LogP contribution in [-0.4, -0.2) is 59.6 Å². The third-order valence-corrected chi connectivity index (χ3v) is 5.15. The van der Waals surface area contributed by atoms with Crippen molar-refractivity contribution in [3.63, 3.8) is 0 Å². The highest BCUT2D eigenvalue weighted by molar-refractivity contribution is 6.01. The maximum Gasteiger partial charge on any atom is 0.225 e. The Balaban J connectivity index is 1.96. The Morgan fingerprint density at radius 2 is 2.00 bits per heavy atom. The molecule has 0 aliphatic carbocycles. The molecular formula is C22H35N8O+. The molecule has 1 saturated heterocycles. The number of rotatable bonds is 11. The SMILES string of the molecule is CCOCCNc1c(Nc2cccc(C)n2)nc(NC2CCNCC2)nc1C(=[NH2+])CC. The molecule has 9 nitrogen and oxygen atoms in total. The van der Waals surface area contributed by atoms with Crippen LogP contribution in [0.5, 0.6) is 0 Å². The fourth-order valence-corrected chi connectivity index (χ4v) is 3.46. The van der Waals surface area contributed by atoms with Crippen molar-refractivity contribution < 1.29 is 10.1 Å². The molecule has 3 rings (SSSR count). The number of hydrogen-bond donors (Lipinski definition) is 5. The van der Waals surface area contributed by atoms with E-state index in [0.717, 1.165) is 43.1 Å². The van der Waals surface area contributed by atoms with Crippen LogP contribution in [0.15, 0.2) is 18.2 Å². The molecule has 0 spiro atoms. The molecule has 6 N–H and O–H groups in total. The molecule has 2 aromatic heterocycles. The lowest BCUT2D eigenvalue weighted by molar-refractivity contribution is -0.115. The number of anilines is 4. The second kappa shape index (κ2) is 11.6. The van der Waals surface area contributed by atoms with E-state index in [1.807, 2.05) is 39.0 Å². The summed E-state index contributed by atoms with van der Waals surface area (Å²) in [6.45, 7) is 9.83. The number of pyridine rings is 1. The average molecular weight is 428 g/mol. The summed E-state index contributed by atoms with van der Waals surface area (Å²) in [6, 6.07) is 6.19. The van der Waals surface area contributed by atoms with Gasteiger partial charge in [-0.05, 0) is 51.9 Å². The van der Waals surface area contributed by atoms with Crippen molar-refractivity contribution in [2.45, 2.75) is 46.1 Å². The zero-order valence-electron chi connectivity index (χ0n) is 18.8. The summed E-state index contributed by atoms with van der Waals surface area (Å²) >= 11 is 0. The summed E-state index contributed by atoms with van der Waals surface area (Å²) < 4.78 is 5.49.